The molecule has 0 spiro atoms. The normalized spacial score (nSPS) is 10.3. The Hall–Kier alpha value is -3.02. The highest BCUT2D eigenvalue weighted by Crippen LogP contribution is 2.14. The van der Waals surface area contributed by atoms with Gasteiger partial charge in [0.15, 0.2) is 5.78 Å². The SMILES string of the molecule is CCCN(CCC)C(=O)c1cncc(C(=O)Nc2cccc(C(C)=O)c2)c1. The molecule has 2 rings (SSSR count). The fraction of sp³-hybridized carbons (Fsp3) is 0.333. The van der Waals surface area contributed by atoms with Crippen LogP contribution < -0.4 is 5.32 Å². The van der Waals surface area contributed by atoms with Gasteiger partial charge in [0.05, 0.1) is 11.1 Å². The van der Waals surface area contributed by atoms with Gasteiger partial charge in [0.25, 0.3) is 11.8 Å². The molecule has 1 N–H and O–H groups in total. The lowest BCUT2D eigenvalue weighted by Crippen LogP contribution is -2.32. The molecule has 0 radical (unpaired) electrons. The Kier molecular flexibility index (Phi) is 7.23. The van der Waals surface area contributed by atoms with Gasteiger partial charge in [0, 0.05) is 36.7 Å². The molecular formula is C21H25N3O3. The smallest absolute Gasteiger partial charge is 0.257 e. The van der Waals surface area contributed by atoms with Crippen LogP contribution in [0.4, 0.5) is 5.69 Å². The molecule has 6 heteroatoms. The summed E-state index contributed by atoms with van der Waals surface area (Å²) in [6, 6.07) is 8.27. The number of ketones is 1. The summed E-state index contributed by atoms with van der Waals surface area (Å²) in [7, 11) is 0. The lowest BCUT2D eigenvalue weighted by molar-refractivity contribution is 0.0755. The van der Waals surface area contributed by atoms with Crippen LogP contribution in [0.1, 0.15) is 64.7 Å². The van der Waals surface area contributed by atoms with Crippen LogP contribution >= 0.6 is 0 Å². The van der Waals surface area contributed by atoms with Crippen molar-refractivity contribution in [2.75, 3.05) is 18.4 Å². The third kappa shape index (κ3) is 5.48. The van der Waals surface area contributed by atoms with Crippen molar-refractivity contribution in [1.29, 1.82) is 0 Å². The van der Waals surface area contributed by atoms with Gasteiger partial charge >= 0.3 is 0 Å². The molecule has 0 unspecified atom stereocenters. The zero-order valence-electron chi connectivity index (χ0n) is 16.0. The summed E-state index contributed by atoms with van der Waals surface area (Å²) in [5, 5.41) is 2.74. The average Bonchev–Trinajstić information content (AvgIpc) is 2.67. The van der Waals surface area contributed by atoms with E-state index in [1.165, 1.54) is 19.3 Å². The summed E-state index contributed by atoms with van der Waals surface area (Å²) in [6.45, 7) is 6.85. The molecule has 1 aromatic heterocycles. The highest BCUT2D eigenvalue weighted by Gasteiger charge is 2.17. The first kappa shape index (κ1) is 20.3. The van der Waals surface area contributed by atoms with Crippen LogP contribution in [-0.2, 0) is 0 Å². The largest absolute Gasteiger partial charge is 0.339 e. The van der Waals surface area contributed by atoms with Crippen LogP contribution in [0.15, 0.2) is 42.7 Å². The minimum absolute atomic E-state index is 0.0766. The number of benzene rings is 1. The van der Waals surface area contributed by atoms with Gasteiger partial charge in [-0.2, -0.15) is 0 Å². The molecule has 0 fully saturated rings. The van der Waals surface area contributed by atoms with Crippen molar-refractivity contribution in [1.82, 2.24) is 9.88 Å². The quantitative estimate of drug-likeness (QED) is 0.720. The zero-order valence-corrected chi connectivity index (χ0v) is 16.0. The zero-order chi connectivity index (χ0) is 19.8. The van der Waals surface area contributed by atoms with Gasteiger partial charge in [-0.05, 0) is 38.0 Å². The third-order valence-electron chi connectivity index (χ3n) is 4.05. The number of hydrogen-bond acceptors (Lipinski definition) is 4. The lowest BCUT2D eigenvalue weighted by atomic mass is 10.1. The Morgan fingerprint density at radius 1 is 0.963 bits per heavy atom. The molecule has 6 nitrogen and oxygen atoms in total. The average molecular weight is 367 g/mol. The molecule has 0 saturated carbocycles. The maximum atomic E-state index is 12.7. The summed E-state index contributed by atoms with van der Waals surface area (Å²) in [6.07, 6.45) is 4.64. The van der Waals surface area contributed by atoms with Gasteiger partial charge in [0.1, 0.15) is 0 Å². The second-order valence-corrected chi connectivity index (χ2v) is 6.35. The van der Waals surface area contributed by atoms with Crippen molar-refractivity contribution in [2.45, 2.75) is 33.6 Å². The number of aromatic nitrogens is 1. The van der Waals surface area contributed by atoms with Crippen molar-refractivity contribution in [2.24, 2.45) is 0 Å². The molecule has 0 aliphatic rings. The number of amides is 2. The molecule has 2 amide bonds. The molecule has 0 saturated heterocycles. The van der Waals surface area contributed by atoms with Crippen molar-refractivity contribution >= 4 is 23.3 Å². The topological polar surface area (TPSA) is 79.4 Å². The Bertz CT molecular complexity index is 827. The van der Waals surface area contributed by atoms with E-state index in [0.717, 1.165) is 12.8 Å². The molecule has 1 aromatic carbocycles. The number of rotatable bonds is 8. The summed E-state index contributed by atoms with van der Waals surface area (Å²) < 4.78 is 0. The van der Waals surface area contributed by atoms with E-state index in [4.69, 9.17) is 0 Å². The van der Waals surface area contributed by atoms with E-state index in [2.05, 4.69) is 10.3 Å². The predicted octanol–water partition coefficient (Wildman–Crippen LogP) is 3.80. The lowest BCUT2D eigenvalue weighted by Gasteiger charge is -2.21. The van der Waals surface area contributed by atoms with Crippen LogP contribution in [0.2, 0.25) is 0 Å². The van der Waals surface area contributed by atoms with Crippen LogP contribution in [0.3, 0.4) is 0 Å². The van der Waals surface area contributed by atoms with E-state index < -0.39 is 0 Å². The fourth-order valence-corrected chi connectivity index (χ4v) is 2.74. The highest BCUT2D eigenvalue weighted by molar-refractivity contribution is 6.06. The maximum absolute atomic E-state index is 12.7. The van der Waals surface area contributed by atoms with E-state index in [1.54, 1.807) is 35.2 Å². The third-order valence-corrected chi connectivity index (χ3v) is 4.05. The minimum atomic E-state index is -0.379. The number of anilines is 1. The van der Waals surface area contributed by atoms with Crippen LogP contribution in [0.5, 0.6) is 0 Å². The molecule has 142 valence electrons. The molecule has 27 heavy (non-hydrogen) atoms. The van der Waals surface area contributed by atoms with E-state index in [0.29, 0.717) is 35.5 Å². The van der Waals surface area contributed by atoms with Gasteiger partial charge in [-0.25, -0.2) is 0 Å². The van der Waals surface area contributed by atoms with E-state index in [-0.39, 0.29) is 17.6 Å². The maximum Gasteiger partial charge on any atom is 0.257 e. The second kappa shape index (κ2) is 9.62. The van der Waals surface area contributed by atoms with Crippen LogP contribution in [-0.4, -0.2) is 40.6 Å². The van der Waals surface area contributed by atoms with Crippen molar-refractivity contribution < 1.29 is 14.4 Å². The van der Waals surface area contributed by atoms with Gasteiger partial charge < -0.3 is 10.2 Å². The molecule has 0 aliphatic heterocycles. The van der Waals surface area contributed by atoms with Gasteiger partial charge in [-0.15, -0.1) is 0 Å². The number of pyridine rings is 1. The Balaban J connectivity index is 2.18. The fourth-order valence-electron chi connectivity index (χ4n) is 2.74. The number of Topliss-reactive ketones (excluding diaryl/α,β-unsaturated/α-hetero) is 1. The number of carbonyl (C=O) groups is 3. The molecular weight excluding hydrogens is 342 g/mol. The molecule has 1 heterocycles. The van der Waals surface area contributed by atoms with Crippen molar-refractivity contribution in [3.63, 3.8) is 0 Å². The Labute approximate surface area is 159 Å². The first-order valence-electron chi connectivity index (χ1n) is 9.13. The Morgan fingerprint density at radius 2 is 1.63 bits per heavy atom. The van der Waals surface area contributed by atoms with Crippen LogP contribution in [0.25, 0.3) is 0 Å². The standard InChI is InChI=1S/C21H25N3O3/c1-4-9-24(10-5-2)21(27)18-11-17(13-22-14-18)20(26)23-19-8-6-7-16(12-19)15(3)25/h6-8,11-14H,4-5,9-10H2,1-3H3,(H,23,26). The summed E-state index contributed by atoms with van der Waals surface area (Å²) in [5.74, 6) is -0.581. The molecule has 0 atom stereocenters. The van der Waals surface area contributed by atoms with Gasteiger partial charge in [-0.3, -0.25) is 19.4 Å². The second-order valence-electron chi connectivity index (χ2n) is 6.35. The van der Waals surface area contributed by atoms with Crippen LogP contribution in [0, 0.1) is 0 Å². The Morgan fingerprint density at radius 3 is 2.26 bits per heavy atom. The predicted molar refractivity (Wildman–Crippen MR) is 105 cm³/mol. The summed E-state index contributed by atoms with van der Waals surface area (Å²) >= 11 is 0. The summed E-state index contributed by atoms with van der Waals surface area (Å²) in [4.78, 5) is 42.5. The number of hydrogen-bond donors (Lipinski definition) is 1. The first-order chi connectivity index (χ1) is 13.0. The van der Waals surface area contributed by atoms with Gasteiger partial charge in [-0.1, -0.05) is 26.0 Å². The number of carbonyl (C=O) groups excluding carboxylic acids is 3. The van der Waals surface area contributed by atoms with E-state index in [9.17, 15) is 14.4 Å². The highest BCUT2D eigenvalue weighted by atomic mass is 16.2. The molecule has 0 aliphatic carbocycles. The van der Waals surface area contributed by atoms with Crippen molar-refractivity contribution in [3.05, 3.63) is 59.4 Å². The van der Waals surface area contributed by atoms with Crippen molar-refractivity contribution in [3.8, 4) is 0 Å². The number of nitrogens with zero attached hydrogens (tertiary/aromatic N) is 2. The monoisotopic (exact) mass is 367 g/mol. The first-order valence-corrected chi connectivity index (χ1v) is 9.13. The van der Waals surface area contributed by atoms with E-state index >= 15 is 0 Å². The van der Waals surface area contributed by atoms with E-state index in [1.807, 2.05) is 13.8 Å². The molecule has 0 bridgehead atoms. The summed E-state index contributed by atoms with van der Waals surface area (Å²) in [5.41, 5.74) is 1.72. The molecule has 2 aromatic rings. The minimum Gasteiger partial charge on any atom is -0.339 e. The number of nitrogens with one attached hydrogen (secondary N) is 1. The van der Waals surface area contributed by atoms with Gasteiger partial charge in [0.2, 0.25) is 0 Å².